The Kier molecular flexibility index (Phi) is 4.49. The number of nitrogens with zero attached hydrogens (tertiary/aromatic N) is 5. The maximum Gasteiger partial charge on any atom is 0.248 e. The number of aromatic nitrogens is 5. The summed E-state index contributed by atoms with van der Waals surface area (Å²) in [4.78, 5) is 4.38. The Bertz CT molecular complexity index is 539. The Balaban J connectivity index is 1.95. The fourth-order valence-electron chi connectivity index (χ4n) is 1.74. The SMILES string of the molecule is CC(C)(C)c1noc(Cn2cc(CCCCN)nn2)n1. The average molecular weight is 278 g/mol. The van der Waals surface area contributed by atoms with Crippen LogP contribution in [0.3, 0.4) is 0 Å². The molecular formula is C13H22N6O. The van der Waals surface area contributed by atoms with E-state index < -0.39 is 0 Å². The molecule has 110 valence electrons. The second kappa shape index (κ2) is 6.13. The lowest BCUT2D eigenvalue weighted by Crippen LogP contribution is -2.13. The molecule has 0 aliphatic heterocycles. The van der Waals surface area contributed by atoms with Crippen LogP contribution >= 0.6 is 0 Å². The lowest BCUT2D eigenvalue weighted by atomic mass is 9.96. The number of aryl methyl sites for hydroxylation is 1. The van der Waals surface area contributed by atoms with E-state index in [9.17, 15) is 0 Å². The van der Waals surface area contributed by atoms with E-state index >= 15 is 0 Å². The maximum absolute atomic E-state index is 5.47. The third kappa shape index (κ3) is 3.86. The minimum absolute atomic E-state index is 0.114. The largest absolute Gasteiger partial charge is 0.337 e. The van der Waals surface area contributed by atoms with Crippen molar-refractivity contribution in [3.63, 3.8) is 0 Å². The van der Waals surface area contributed by atoms with Crippen LogP contribution in [0.15, 0.2) is 10.7 Å². The van der Waals surface area contributed by atoms with E-state index in [1.54, 1.807) is 4.68 Å². The summed E-state index contributed by atoms with van der Waals surface area (Å²) in [5.41, 5.74) is 6.32. The molecule has 0 amide bonds. The molecule has 0 saturated heterocycles. The Morgan fingerprint density at radius 2 is 2.10 bits per heavy atom. The normalized spacial score (nSPS) is 12.0. The van der Waals surface area contributed by atoms with Gasteiger partial charge in [0.1, 0.15) is 6.54 Å². The molecule has 0 aromatic carbocycles. The van der Waals surface area contributed by atoms with Gasteiger partial charge in [-0.3, -0.25) is 0 Å². The minimum Gasteiger partial charge on any atom is -0.337 e. The van der Waals surface area contributed by atoms with E-state index in [-0.39, 0.29) is 5.41 Å². The zero-order chi connectivity index (χ0) is 14.6. The van der Waals surface area contributed by atoms with Gasteiger partial charge in [-0.25, -0.2) is 4.68 Å². The Labute approximate surface area is 118 Å². The van der Waals surface area contributed by atoms with E-state index in [0.717, 1.165) is 25.0 Å². The summed E-state index contributed by atoms with van der Waals surface area (Å²) in [6, 6.07) is 0. The highest BCUT2D eigenvalue weighted by Gasteiger charge is 2.21. The summed E-state index contributed by atoms with van der Waals surface area (Å²) < 4.78 is 6.96. The molecule has 2 aromatic heterocycles. The number of unbranched alkanes of at least 4 members (excludes halogenated alkanes) is 1. The summed E-state index contributed by atoms with van der Waals surface area (Å²) in [5.74, 6) is 1.25. The smallest absolute Gasteiger partial charge is 0.248 e. The number of rotatable bonds is 6. The summed E-state index contributed by atoms with van der Waals surface area (Å²) >= 11 is 0. The molecule has 2 N–H and O–H groups in total. The van der Waals surface area contributed by atoms with Gasteiger partial charge in [-0.15, -0.1) is 5.10 Å². The van der Waals surface area contributed by atoms with Gasteiger partial charge < -0.3 is 10.3 Å². The van der Waals surface area contributed by atoms with Crippen molar-refractivity contribution >= 4 is 0 Å². The van der Waals surface area contributed by atoms with E-state index in [1.165, 1.54) is 0 Å². The highest BCUT2D eigenvalue weighted by atomic mass is 16.5. The quantitative estimate of drug-likeness (QED) is 0.800. The monoisotopic (exact) mass is 278 g/mol. The standard InChI is InChI=1S/C13H22N6O/c1-13(2,3)12-15-11(20-17-12)9-19-8-10(16-18-19)6-4-5-7-14/h8H,4-7,9,14H2,1-3H3. The first-order chi connectivity index (χ1) is 9.49. The zero-order valence-corrected chi connectivity index (χ0v) is 12.3. The summed E-state index contributed by atoms with van der Waals surface area (Å²) in [5, 5.41) is 12.2. The molecule has 0 radical (unpaired) electrons. The summed E-state index contributed by atoms with van der Waals surface area (Å²) in [7, 11) is 0. The van der Waals surface area contributed by atoms with Gasteiger partial charge in [-0.05, 0) is 25.8 Å². The number of hydrogen-bond donors (Lipinski definition) is 1. The topological polar surface area (TPSA) is 95.7 Å². The molecule has 0 atom stereocenters. The molecule has 0 aliphatic carbocycles. The molecular weight excluding hydrogens is 256 g/mol. The summed E-state index contributed by atoms with van der Waals surface area (Å²) in [6.07, 6.45) is 4.85. The predicted octanol–water partition coefficient (Wildman–Crippen LogP) is 1.29. The fourth-order valence-corrected chi connectivity index (χ4v) is 1.74. The second-order valence-corrected chi connectivity index (χ2v) is 5.91. The molecule has 2 aromatic rings. The molecule has 7 nitrogen and oxygen atoms in total. The van der Waals surface area contributed by atoms with Gasteiger partial charge in [-0.2, -0.15) is 4.98 Å². The number of hydrogen-bond acceptors (Lipinski definition) is 6. The lowest BCUT2D eigenvalue weighted by molar-refractivity contribution is 0.352. The molecule has 7 heteroatoms. The fraction of sp³-hybridized carbons (Fsp3) is 0.692. The molecule has 2 heterocycles. The van der Waals surface area contributed by atoms with E-state index in [0.29, 0.717) is 24.8 Å². The molecule has 2 rings (SSSR count). The maximum atomic E-state index is 5.47. The molecule has 0 saturated carbocycles. The van der Waals surface area contributed by atoms with E-state index in [1.807, 2.05) is 27.0 Å². The molecule has 0 bridgehead atoms. The van der Waals surface area contributed by atoms with Crippen molar-refractivity contribution in [2.45, 2.75) is 52.0 Å². The van der Waals surface area contributed by atoms with Crippen molar-refractivity contribution < 1.29 is 4.52 Å². The third-order valence-corrected chi connectivity index (χ3v) is 2.91. The van der Waals surface area contributed by atoms with Crippen LogP contribution in [-0.2, 0) is 18.4 Å². The van der Waals surface area contributed by atoms with Crippen LogP contribution in [0.5, 0.6) is 0 Å². The van der Waals surface area contributed by atoms with Crippen LogP contribution < -0.4 is 5.73 Å². The Hall–Kier alpha value is -1.76. The number of nitrogens with two attached hydrogens (primary N) is 1. The van der Waals surface area contributed by atoms with Crippen LogP contribution in [0.1, 0.15) is 51.0 Å². The van der Waals surface area contributed by atoms with Crippen molar-refractivity contribution in [3.8, 4) is 0 Å². The predicted molar refractivity (Wildman–Crippen MR) is 74.1 cm³/mol. The van der Waals surface area contributed by atoms with Gasteiger partial charge in [0.2, 0.25) is 5.89 Å². The van der Waals surface area contributed by atoms with Crippen molar-refractivity contribution in [2.24, 2.45) is 5.73 Å². The van der Waals surface area contributed by atoms with Crippen molar-refractivity contribution in [3.05, 3.63) is 23.6 Å². The minimum atomic E-state index is -0.114. The van der Waals surface area contributed by atoms with Gasteiger partial charge in [-0.1, -0.05) is 31.1 Å². The van der Waals surface area contributed by atoms with Crippen LogP contribution in [0.2, 0.25) is 0 Å². The first-order valence-electron chi connectivity index (χ1n) is 6.91. The van der Waals surface area contributed by atoms with E-state index in [4.69, 9.17) is 10.3 Å². The second-order valence-electron chi connectivity index (χ2n) is 5.91. The van der Waals surface area contributed by atoms with Crippen molar-refractivity contribution in [1.29, 1.82) is 0 Å². The van der Waals surface area contributed by atoms with Crippen molar-refractivity contribution in [2.75, 3.05) is 6.54 Å². The molecule has 0 unspecified atom stereocenters. The molecule has 0 fully saturated rings. The zero-order valence-electron chi connectivity index (χ0n) is 12.3. The highest BCUT2D eigenvalue weighted by molar-refractivity contribution is 5.00. The van der Waals surface area contributed by atoms with Gasteiger partial charge in [0.15, 0.2) is 5.82 Å². The van der Waals surface area contributed by atoms with E-state index in [2.05, 4.69) is 20.5 Å². The van der Waals surface area contributed by atoms with Crippen LogP contribution in [0, 0.1) is 0 Å². The van der Waals surface area contributed by atoms with Gasteiger partial charge in [0, 0.05) is 11.6 Å². The molecule has 20 heavy (non-hydrogen) atoms. The van der Waals surface area contributed by atoms with Crippen LogP contribution in [-0.4, -0.2) is 31.7 Å². The lowest BCUT2D eigenvalue weighted by Gasteiger charge is -2.10. The average Bonchev–Trinajstić information content (AvgIpc) is 2.99. The Morgan fingerprint density at radius 3 is 2.75 bits per heavy atom. The van der Waals surface area contributed by atoms with Crippen molar-refractivity contribution in [1.82, 2.24) is 25.1 Å². The highest BCUT2D eigenvalue weighted by Crippen LogP contribution is 2.18. The summed E-state index contributed by atoms with van der Waals surface area (Å²) in [6.45, 7) is 7.31. The van der Waals surface area contributed by atoms with Crippen LogP contribution in [0.25, 0.3) is 0 Å². The van der Waals surface area contributed by atoms with Gasteiger partial charge in [0.25, 0.3) is 0 Å². The first kappa shape index (κ1) is 14.6. The first-order valence-corrected chi connectivity index (χ1v) is 6.91. The third-order valence-electron chi connectivity index (χ3n) is 2.91. The molecule has 0 spiro atoms. The van der Waals surface area contributed by atoms with Gasteiger partial charge >= 0.3 is 0 Å². The van der Waals surface area contributed by atoms with Gasteiger partial charge in [0.05, 0.1) is 5.69 Å². The molecule has 0 aliphatic rings. The Morgan fingerprint density at radius 1 is 1.30 bits per heavy atom. The van der Waals surface area contributed by atoms with Crippen LogP contribution in [0.4, 0.5) is 0 Å².